The first kappa shape index (κ1) is 14.7. The molecule has 0 fully saturated rings. The van der Waals surface area contributed by atoms with Gasteiger partial charge in [0.25, 0.3) is 10.1 Å². The van der Waals surface area contributed by atoms with Crippen LogP contribution in [-0.4, -0.2) is 31.3 Å². The number of hydrogen-bond donors (Lipinski definition) is 1. The Morgan fingerprint density at radius 1 is 1.28 bits per heavy atom. The van der Waals surface area contributed by atoms with E-state index in [9.17, 15) is 13.2 Å². The lowest BCUT2D eigenvalue weighted by atomic mass is 10.0. The monoisotopic (exact) mass is 272 g/mol. The minimum Gasteiger partial charge on any atom is -0.461 e. The topological polar surface area (TPSA) is 80.7 Å². The normalized spacial score (nSPS) is 11.3. The molecule has 0 bridgehead atoms. The molecule has 1 aromatic rings. The van der Waals surface area contributed by atoms with Crippen LogP contribution in [0, 0.1) is 20.8 Å². The van der Waals surface area contributed by atoms with E-state index in [1.807, 2.05) is 19.9 Å². The summed E-state index contributed by atoms with van der Waals surface area (Å²) < 4.78 is 34.3. The van der Waals surface area contributed by atoms with Crippen molar-refractivity contribution in [3.8, 4) is 0 Å². The van der Waals surface area contributed by atoms with E-state index in [-0.39, 0.29) is 6.61 Å². The number of esters is 1. The molecular formula is C12H16O5S. The van der Waals surface area contributed by atoms with E-state index in [0.29, 0.717) is 5.56 Å². The second-order valence-electron chi connectivity index (χ2n) is 4.18. The molecule has 0 aliphatic carbocycles. The quantitative estimate of drug-likeness (QED) is 0.666. The Hall–Kier alpha value is -1.40. The molecule has 1 aromatic carbocycles. The first-order valence-electron chi connectivity index (χ1n) is 5.41. The van der Waals surface area contributed by atoms with Gasteiger partial charge < -0.3 is 4.74 Å². The Morgan fingerprint density at radius 2 is 1.89 bits per heavy atom. The summed E-state index contributed by atoms with van der Waals surface area (Å²) >= 11 is 0. The van der Waals surface area contributed by atoms with Crippen LogP contribution in [0.15, 0.2) is 12.1 Å². The van der Waals surface area contributed by atoms with Gasteiger partial charge in [0, 0.05) is 0 Å². The van der Waals surface area contributed by atoms with Gasteiger partial charge in [0.15, 0.2) is 0 Å². The van der Waals surface area contributed by atoms with Crippen molar-refractivity contribution in [3.05, 3.63) is 34.4 Å². The predicted octanol–water partition coefficient (Wildman–Crippen LogP) is 1.66. The third kappa shape index (κ3) is 4.12. The summed E-state index contributed by atoms with van der Waals surface area (Å²) in [6.07, 6.45) is 0. The highest BCUT2D eigenvalue weighted by molar-refractivity contribution is 7.85. The van der Waals surface area contributed by atoms with Crippen molar-refractivity contribution in [3.63, 3.8) is 0 Å². The van der Waals surface area contributed by atoms with E-state index in [2.05, 4.69) is 0 Å². The van der Waals surface area contributed by atoms with Gasteiger partial charge in [0.2, 0.25) is 0 Å². The van der Waals surface area contributed by atoms with E-state index in [1.54, 1.807) is 13.0 Å². The molecule has 0 aromatic heterocycles. The highest BCUT2D eigenvalue weighted by atomic mass is 32.2. The van der Waals surface area contributed by atoms with Crippen LogP contribution < -0.4 is 0 Å². The molecule has 0 saturated carbocycles. The van der Waals surface area contributed by atoms with Crippen molar-refractivity contribution in [1.29, 1.82) is 0 Å². The molecule has 0 amide bonds. The van der Waals surface area contributed by atoms with E-state index in [4.69, 9.17) is 9.29 Å². The molecule has 0 atom stereocenters. The van der Waals surface area contributed by atoms with Crippen LogP contribution in [0.4, 0.5) is 0 Å². The van der Waals surface area contributed by atoms with Gasteiger partial charge in [-0.3, -0.25) is 4.55 Å². The Morgan fingerprint density at radius 3 is 2.44 bits per heavy atom. The van der Waals surface area contributed by atoms with Crippen molar-refractivity contribution in [2.45, 2.75) is 20.8 Å². The van der Waals surface area contributed by atoms with Gasteiger partial charge in [-0.25, -0.2) is 4.79 Å². The maximum Gasteiger partial charge on any atom is 0.338 e. The summed E-state index contributed by atoms with van der Waals surface area (Å²) in [7, 11) is -4.11. The van der Waals surface area contributed by atoms with Crippen LogP contribution in [0.3, 0.4) is 0 Å². The zero-order valence-corrected chi connectivity index (χ0v) is 11.4. The van der Waals surface area contributed by atoms with E-state index < -0.39 is 21.8 Å². The molecule has 0 aliphatic rings. The fourth-order valence-corrected chi connectivity index (χ4v) is 1.86. The third-order valence-corrected chi connectivity index (χ3v) is 3.29. The summed E-state index contributed by atoms with van der Waals surface area (Å²) in [5, 5.41) is 0. The predicted molar refractivity (Wildman–Crippen MR) is 67.4 cm³/mol. The lowest BCUT2D eigenvalue weighted by Gasteiger charge is -2.10. The van der Waals surface area contributed by atoms with Crippen molar-refractivity contribution in [1.82, 2.24) is 0 Å². The molecule has 0 aliphatic heterocycles. The first-order valence-corrected chi connectivity index (χ1v) is 7.02. The van der Waals surface area contributed by atoms with Gasteiger partial charge in [-0.05, 0) is 43.5 Å². The number of carbonyl (C=O) groups is 1. The molecule has 0 unspecified atom stereocenters. The van der Waals surface area contributed by atoms with Crippen molar-refractivity contribution >= 4 is 16.1 Å². The summed E-state index contributed by atoms with van der Waals surface area (Å²) in [4.78, 5) is 11.8. The number of rotatable bonds is 4. The molecular weight excluding hydrogens is 256 g/mol. The number of hydrogen-bond acceptors (Lipinski definition) is 4. The van der Waals surface area contributed by atoms with Gasteiger partial charge in [-0.15, -0.1) is 0 Å². The second-order valence-corrected chi connectivity index (χ2v) is 5.75. The molecule has 0 spiro atoms. The van der Waals surface area contributed by atoms with Gasteiger partial charge >= 0.3 is 5.97 Å². The number of ether oxygens (including phenoxy) is 1. The molecule has 18 heavy (non-hydrogen) atoms. The Labute approximate surface area is 107 Å². The lowest BCUT2D eigenvalue weighted by Crippen LogP contribution is -2.15. The standard InChI is InChI=1S/C12H16O5S/c1-8-6-9(2)10(3)11(7-8)12(13)17-4-5-18(14,15)16/h6-7H,4-5H2,1-3H3,(H,14,15,16). The van der Waals surface area contributed by atoms with Crippen LogP contribution in [-0.2, 0) is 14.9 Å². The number of aryl methyl sites for hydroxylation is 2. The smallest absolute Gasteiger partial charge is 0.338 e. The highest BCUT2D eigenvalue weighted by Crippen LogP contribution is 2.16. The van der Waals surface area contributed by atoms with Gasteiger partial charge in [-0.1, -0.05) is 6.07 Å². The number of carbonyl (C=O) groups excluding carboxylic acids is 1. The molecule has 6 heteroatoms. The average Bonchev–Trinajstić information content (AvgIpc) is 2.21. The van der Waals surface area contributed by atoms with Crippen LogP contribution in [0.25, 0.3) is 0 Å². The summed E-state index contributed by atoms with van der Waals surface area (Å²) in [6, 6.07) is 3.64. The van der Waals surface area contributed by atoms with Crippen molar-refractivity contribution in [2.75, 3.05) is 12.4 Å². The van der Waals surface area contributed by atoms with E-state index >= 15 is 0 Å². The van der Waals surface area contributed by atoms with Crippen LogP contribution in [0.5, 0.6) is 0 Å². The molecule has 1 rings (SSSR count). The van der Waals surface area contributed by atoms with Gasteiger partial charge in [0.1, 0.15) is 12.4 Å². The Kier molecular flexibility index (Phi) is 4.48. The van der Waals surface area contributed by atoms with Crippen molar-refractivity contribution < 1.29 is 22.5 Å². The van der Waals surface area contributed by atoms with Crippen LogP contribution in [0.1, 0.15) is 27.0 Å². The van der Waals surface area contributed by atoms with E-state index in [0.717, 1.165) is 16.7 Å². The average molecular weight is 272 g/mol. The molecule has 0 heterocycles. The molecule has 1 N–H and O–H groups in total. The maximum atomic E-state index is 11.8. The van der Waals surface area contributed by atoms with Crippen molar-refractivity contribution in [2.24, 2.45) is 0 Å². The Bertz CT molecular complexity index is 560. The summed E-state index contributed by atoms with van der Waals surface area (Å²) in [5.74, 6) is -1.18. The molecule has 5 nitrogen and oxygen atoms in total. The lowest BCUT2D eigenvalue weighted by molar-refractivity contribution is 0.0527. The summed E-state index contributed by atoms with van der Waals surface area (Å²) in [6.45, 7) is 5.19. The first-order chi connectivity index (χ1) is 8.20. The second kappa shape index (κ2) is 5.49. The zero-order chi connectivity index (χ0) is 13.9. The Balaban J connectivity index is 2.79. The fourth-order valence-electron chi connectivity index (χ4n) is 1.57. The third-order valence-electron chi connectivity index (χ3n) is 2.61. The van der Waals surface area contributed by atoms with Gasteiger partial charge in [0.05, 0.1) is 5.56 Å². The molecule has 0 saturated heterocycles. The maximum absolute atomic E-state index is 11.8. The fraction of sp³-hybridized carbons (Fsp3) is 0.417. The molecule has 100 valence electrons. The minimum atomic E-state index is -4.11. The van der Waals surface area contributed by atoms with E-state index in [1.165, 1.54) is 0 Å². The molecule has 0 radical (unpaired) electrons. The van der Waals surface area contributed by atoms with Crippen LogP contribution in [0.2, 0.25) is 0 Å². The largest absolute Gasteiger partial charge is 0.461 e. The SMILES string of the molecule is Cc1cc(C)c(C)c(C(=O)OCCS(=O)(=O)O)c1. The zero-order valence-electron chi connectivity index (χ0n) is 10.6. The number of benzene rings is 1. The van der Waals surface area contributed by atoms with Gasteiger partial charge in [-0.2, -0.15) is 8.42 Å². The highest BCUT2D eigenvalue weighted by Gasteiger charge is 2.14. The summed E-state index contributed by atoms with van der Waals surface area (Å²) in [5.41, 5.74) is 3.12. The van der Waals surface area contributed by atoms with Crippen LogP contribution >= 0.6 is 0 Å². The minimum absolute atomic E-state index is 0.357.